The van der Waals surface area contributed by atoms with Crippen LogP contribution in [0.4, 0.5) is 5.82 Å². The molecule has 1 heterocycles. The Kier molecular flexibility index (Phi) is 9.72. The van der Waals surface area contributed by atoms with E-state index < -0.39 is 0 Å². The van der Waals surface area contributed by atoms with Gasteiger partial charge in [-0.15, -0.1) is 0 Å². The van der Waals surface area contributed by atoms with Gasteiger partial charge >= 0.3 is 0 Å². The third-order valence-electron chi connectivity index (χ3n) is 5.76. The first-order valence-corrected chi connectivity index (χ1v) is 11.3. The molecule has 0 saturated carbocycles. The number of hydrogen-bond acceptors (Lipinski definition) is 4. The monoisotopic (exact) mass is 429 g/mol. The molecule has 1 atom stereocenters. The quantitative estimate of drug-likeness (QED) is 0.544. The highest BCUT2D eigenvalue weighted by atomic mass is 16.5. The molecule has 1 aromatic carbocycles. The molecular weight excluding hydrogens is 392 g/mol. The van der Waals surface area contributed by atoms with Gasteiger partial charge in [0.05, 0.1) is 19.6 Å². The molecule has 2 rings (SSSR count). The van der Waals surface area contributed by atoms with E-state index >= 15 is 0 Å². The highest BCUT2D eigenvalue weighted by Gasteiger charge is 2.24. The number of hydrogen-bond donors (Lipinski definition) is 2. The molecule has 0 aliphatic carbocycles. The molecule has 2 aromatic rings. The van der Waals surface area contributed by atoms with Crippen molar-refractivity contribution in [2.45, 2.75) is 59.9 Å². The number of amides is 2. The lowest BCUT2D eigenvalue weighted by Crippen LogP contribution is -3.11. The Morgan fingerprint density at radius 1 is 1.16 bits per heavy atom. The molecule has 2 N–H and O–H groups in total. The van der Waals surface area contributed by atoms with Crippen LogP contribution in [0.3, 0.4) is 0 Å². The summed E-state index contributed by atoms with van der Waals surface area (Å²) < 4.78 is 5.01. The Morgan fingerprint density at radius 2 is 1.84 bits per heavy atom. The number of benzene rings is 1. The van der Waals surface area contributed by atoms with Gasteiger partial charge in [0.1, 0.15) is 12.3 Å². The van der Waals surface area contributed by atoms with Crippen molar-refractivity contribution in [2.24, 2.45) is 0 Å². The first kappa shape index (κ1) is 24.6. The van der Waals surface area contributed by atoms with E-state index in [0.717, 1.165) is 38.9 Å². The average molecular weight is 430 g/mol. The zero-order chi connectivity index (χ0) is 22.8. The van der Waals surface area contributed by atoms with Crippen LogP contribution in [-0.4, -0.2) is 54.1 Å². The molecular formula is C24H37N4O3+. The zero-order valence-electron chi connectivity index (χ0n) is 19.5. The van der Waals surface area contributed by atoms with Crippen molar-refractivity contribution in [3.63, 3.8) is 0 Å². The maximum Gasteiger partial charge on any atom is 0.254 e. The fourth-order valence-corrected chi connectivity index (χ4v) is 3.65. The number of carbonyl (C=O) groups is 2. The Hall–Kier alpha value is -2.67. The molecule has 0 saturated heterocycles. The number of carbonyl (C=O) groups excluding carboxylic acids is 2. The average Bonchev–Trinajstić information content (AvgIpc) is 3.18. The fourth-order valence-electron chi connectivity index (χ4n) is 3.65. The second-order valence-electron chi connectivity index (χ2n) is 8.05. The van der Waals surface area contributed by atoms with Crippen LogP contribution in [0.2, 0.25) is 0 Å². The molecule has 170 valence electrons. The van der Waals surface area contributed by atoms with Crippen molar-refractivity contribution in [1.29, 1.82) is 0 Å². The van der Waals surface area contributed by atoms with E-state index in [9.17, 15) is 9.59 Å². The Balaban J connectivity index is 2.10. The number of anilines is 1. The van der Waals surface area contributed by atoms with Gasteiger partial charge in [-0.2, -0.15) is 0 Å². The van der Waals surface area contributed by atoms with Gasteiger partial charge in [-0.05, 0) is 64.7 Å². The smallest absolute Gasteiger partial charge is 0.254 e. The van der Waals surface area contributed by atoms with E-state index in [2.05, 4.69) is 31.2 Å². The SMILES string of the molecule is CCc1ccc(C(=O)N(CC(=O)Nc2cc(C)on2)[C@H](C)CCC[NH+](CC)CC)cc1. The molecule has 0 spiro atoms. The lowest BCUT2D eigenvalue weighted by atomic mass is 10.1. The maximum atomic E-state index is 13.3. The van der Waals surface area contributed by atoms with Crippen molar-refractivity contribution in [2.75, 3.05) is 31.5 Å². The third kappa shape index (κ3) is 7.51. The topological polar surface area (TPSA) is 79.9 Å². The summed E-state index contributed by atoms with van der Waals surface area (Å²) in [5.74, 6) is 0.566. The Bertz CT molecular complexity index is 828. The summed E-state index contributed by atoms with van der Waals surface area (Å²) in [4.78, 5) is 29.2. The van der Waals surface area contributed by atoms with Crippen molar-refractivity contribution in [1.82, 2.24) is 10.1 Å². The number of nitrogens with one attached hydrogen (secondary N) is 2. The van der Waals surface area contributed by atoms with E-state index in [1.807, 2.05) is 31.2 Å². The van der Waals surface area contributed by atoms with Gasteiger partial charge in [0.25, 0.3) is 5.91 Å². The summed E-state index contributed by atoms with van der Waals surface area (Å²) in [5.41, 5.74) is 1.78. The molecule has 0 bridgehead atoms. The van der Waals surface area contributed by atoms with Crippen LogP contribution in [0.15, 0.2) is 34.9 Å². The van der Waals surface area contributed by atoms with Crippen LogP contribution in [0, 0.1) is 6.92 Å². The van der Waals surface area contributed by atoms with Gasteiger partial charge in [0.15, 0.2) is 5.82 Å². The lowest BCUT2D eigenvalue weighted by Gasteiger charge is -2.29. The number of quaternary nitrogens is 1. The molecule has 31 heavy (non-hydrogen) atoms. The molecule has 2 amide bonds. The zero-order valence-corrected chi connectivity index (χ0v) is 19.5. The predicted octanol–water partition coefficient (Wildman–Crippen LogP) is 2.72. The van der Waals surface area contributed by atoms with Crippen LogP contribution < -0.4 is 10.2 Å². The molecule has 7 heteroatoms. The predicted molar refractivity (Wildman–Crippen MR) is 122 cm³/mol. The summed E-state index contributed by atoms with van der Waals surface area (Å²) >= 11 is 0. The normalized spacial score (nSPS) is 12.1. The second-order valence-corrected chi connectivity index (χ2v) is 8.05. The van der Waals surface area contributed by atoms with Gasteiger partial charge in [-0.25, -0.2) is 0 Å². The van der Waals surface area contributed by atoms with E-state index in [1.54, 1.807) is 22.8 Å². The van der Waals surface area contributed by atoms with E-state index in [0.29, 0.717) is 17.1 Å². The van der Waals surface area contributed by atoms with Crippen molar-refractivity contribution in [3.05, 3.63) is 47.2 Å². The summed E-state index contributed by atoms with van der Waals surface area (Å²) in [5, 5.41) is 6.53. The molecule has 7 nitrogen and oxygen atoms in total. The standard InChI is InChI=1S/C24H36N4O3/c1-6-20-11-13-21(14-12-20)24(30)28(18(4)10-9-15-27(7-2)8-3)17-23(29)25-22-16-19(5)31-26-22/h11-14,16,18H,6-10,15,17H2,1-5H3,(H,25,26,29)/p+1/t18-/m1/s1. The van der Waals surface area contributed by atoms with Crippen LogP contribution >= 0.6 is 0 Å². The van der Waals surface area contributed by atoms with Crippen LogP contribution in [0.1, 0.15) is 62.2 Å². The van der Waals surface area contributed by atoms with Gasteiger partial charge in [-0.3, -0.25) is 9.59 Å². The number of rotatable bonds is 12. The van der Waals surface area contributed by atoms with E-state index in [4.69, 9.17) is 4.52 Å². The second kappa shape index (κ2) is 12.2. The van der Waals surface area contributed by atoms with Gasteiger partial charge < -0.3 is 19.6 Å². The molecule has 0 fully saturated rings. The molecule has 0 unspecified atom stereocenters. The number of aromatic nitrogens is 1. The summed E-state index contributed by atoms with van der Waals surface area (Å²) in [7, 11) is 0. The highest BCUT2D eigenvalue weighted by Crippen LogP contribution is 2.15. The number of nitrogens with zero attached hydrogens (tertiary/aromatic N) is 2. The van der Waals surface area contributed by atoms with Gasteiger partial charge in [0, 0.05) is 17.7 Å². The van der Waals surface area contributed by atoms with Gasteiger partial charge in [0.2, 0.25) is 5.91 Å². The van der Waals surface area contributed by atoms with E-state index in [-0.39, 0.29) is 24.4 Å². The van der Waals surface area contributed by atoms with Crippen molar-refractivity contribution >= 4 is 17.6 Å². The number of aryl methyl sites for hydroxylation is 2. The lowest BCUT2D eigenvalue weighted by molar-refractivity contribution is -0.896. The largest absolute Gasteiger partial charge is 0.360 e. The van der Waals surface area contributed by atoms with Crippen molar-refractivity contribution in [3.8, 4) is 0 Å². The van der Waals surface area contributed by atoms with Gasteiger partial charge in [-0.1, -0.05) is 24.2 Å². The Morgan fingerprint density at radius 3 is 2.39 bits per heavy atom. The Labute approximate surface area is 185 Å². The summed E-state index contributed by atoms with van der Waals surface area (Å²) in [6.45, 7) is 13.5. The maximum absolute atomic E-state index is 13.3. The van der Waals surface area contributed by atoms with E-state index in [1.165, 1.54) is 5.56 Å². The van der Waals surface area contributed by atoms with Crippen molar-refractivity contribution < 1.29 is 19.0 Å². The molecule has 0 radical (unpaired) electrons. The first-order chi connectivity index (χ1) is 14.9. The summed E-state index contributed by atoms with van der Waals surface area (Å²) in [6.07, 6.45) is 2.77. The minimum atomic E-state index is -0.284. The fraction of sp³-hybridized carbons (Fsp3) is 0.542. The van der Waals surface area contributed by atoms with Crippen LogP contribution in [-0.2, 0) is 11.2 Å². The minimum Gasteiger partial charge on any atom is -0.360 e. The molecule has 0 aliphatic rings. The third-order valence-corrected chi connectivity index (χ3v) is 5.76. The molecule has 1 aromatic heterocycles. The first-order valence-electron chi connectivity index (χ1n) is 11.3. The van der Waals surface area contributed by atoms with Crippen LogP contribution in [0.5, 0.6) is 0 Å². The summed E-state index contributed by atoms with van der Waals surface area (Å²) in [6, 6.07) is 9.23. The molecule has 0 aliphatic heterocycles. The van der Waals surface area contributed by atoms with Crippen LogP contribution in [0.25, 0.3) is 0 Å². The highest BCUT2D eigenvalue weighted by molar-refractivity contribution is 5.99. The minimum absolute atomic E-state index is 0.0282.